The molecule has 0 aromatic heterocycles. The van der Waals surface area contributed by atoms with Crippen molar-refractivity contribution in [1.29, 1.82) is 0 Å². The van der Waals surface area contributed by atoms with Crippen molar-refractivity contribution in [2.24, 2.45) is 5.73 Å². The van der Waals surface area contributed by atoms with Gasteiger partial charge in [0.15, 0.2) is 0 Å². The standard InChI is InChI=1S/C13H15NO/c1-11(15)10-13-8-3-2-6-12(13)7-4-5-9-14/h2-3,6,8H,5,9-10,14H2,1H3. The van der Waals surface area contributed by atoms with E-state index in [1.54, 1.807) is 6.92 Å². The van der Waals surface area contributed by atoms with E-state index in [4.69, 9.17) is 5.73 Å². The number of hydrogen-bond acceptors (Lipinski definition) is 2. The zero-order valence-corrected chi connectivity index (χ0v) is 8.92. The Morgan fingerprint density at radius 3 is 2.80 bits per heavy atom. The molecule has 0 saturated carbocycles. The first-order valence-electron chi connectivity index (χ1n) is 5.00. The smallest absolute Gasteiger partial charge is 0.134 e. The quantitative estimate of drug-likeness (QED) is 0.753. The highest BCUT2D eigenvalue weighted by Crippen LogP contribution is 2.08. The van der Waals surface area contributed by atoms with Crippen molar-refractivity contribution in [3.05, 3.63) is 35.4 Å². The predicted molar refractivity (Wildman–Crippen MR) is 61.4 cm³/mol. The monoisotopic (exact) mass is 201 g/mol. The number of rotatable bonds is 3. The molecule has 0 atom stereocenters. The Labute approximate surface area is 90.5 Å². The normalized spacial score (nSPS) is 9.20. The summed E-state index contributed by atoms with van der Waals surface area (Å²) in [6.07, 6.45) is 1.14. The van der Waals surface area contributed by atoms with Gasteiger partial charge in [-0.15, -0.1) is 0 Å². The maximum Gasteiger partial charge on any atom is 0.134 e. The third-order valence-electron chi connectivity index (χ3n) is 1.95. The first-order valence-corrected chi connectivity index (χ1v) is 5.00. The van der Waals surface area contributed by atoms with Crippen LogP contribution >= 0.6 is 0 Å². The molecule has 1 aromatic rings. The van der Waals surface area contributed by atoms with Gasteiger partial charge in [0.2, 0.25) is 0 Å². The minimum atomic E-state index is 0.156. The molecule has 0 spiro atoms. The largest absolute Gasteiger partial charge is 0.330 e. The van der Waals surface area contributed by atoms with Gasteiger partial charge >= 0.3 is 0 Å². The molecule has 2 heteroatoms. The Hall–Kier alpha value is -1.59. The lowest BCUT2D eigenvalue weighted by atomic mass is 10.0. The summed E-state index contributed by atoms with van der Waals surface area (Å²) < 4.78 is 0. The SMILES string of the molecule is CC(=O)Cc1ccccc1C#CCCN. The van der Waals surface area contributed by atoms with Crippen LogP contribution in [0.4, 0.5) is 0 Å². The van der Waals surface area contributed by atoms with Gasteiger partial charge in [-0.2, -0.15) is 0 Å². The Balaban J connectivity index is 2.87. The van der Waals surface area contributed by atoms with Crippen molar-refractivity contribution in [3.8, 4) is 11.8 Å². The number of nitrogens with two attached hydrogens (primary N) is 1. The van der Waals surface area contributed by atoms with Crippen LogP contribution in [0.3, 0.4) is 0 Å². The van der Waals surface area contributed by atoms with E-state index in [1.807, 2.05) is 24.3 Å². The second kappa shape index (κ2) is 6.00. The summed E-state index contributed by atoms with van der Waals surface area (Å²) in [6, 6.07) is 7.72. The lowest BCUT2D eigenvalue weighted by Gasteiger charge is -2.00. The second-order valence-electron chi connectivity index (χ2n) is 3.38. The predicted octanol–water partition coefficient (Wildman–Crippen LogP) is 1.52. The minimum Gasteiger partial charge on any atom is -0.330 e. The third-order valence-corrected chi connectivity index (χ3v) is 1.95. The highest BCUT2D eigenvalue weighted by atomic mass is 16.1. The molecule has 0 fully saturated rings. The van der Waals surface area contributed by atoms with E-state index in [0.29, 0.717) is 19.4 Å². The molecule has 0 aliphatic rings. The average molecular weight is 201 g/mol. The molecule has 2 N–H and O–H groups in total. The molecule has 1 aromatic carbocycles. The minimum absolute atomic E-state index is 0.156. The van der Waals surface area contributed by atoms with Crippen LogP contribution in [0.2, 0.25) is 0 Å². The van der Waals surface area contributed by atoms with E-state index in [1.165, 1.54) is 0 Å². The second-order valence-corrected chi connectivity index (χ2v) is 3.38. The van der Waals surface area contributed by atoms with Gasteiger partial charge in [-0.25, -0.2) is 0 Å². The number of carbonyl (C=O) groups excluding carboxylic acids is 1. The molecule has 2 nitrogen and oxygen atoms in total. The summed E-state index contributed by atoms with van der Waals surface area (Å²) in [5.74, 6) is 6.17. The molecule has 0 radical (unpaired) electrons. The van der Waals surface area contributed by atoms with Crippen molar-refractivity contribution >= 4 is 5.78 Å². The first-order chi connectivity index (χ1) is 7.24. The van der Waals surface area contributed by atoms with Crippen molar-refractivity contribution < 1.29 is 4.79 Å². The molecular formula is C13H15NO. The summed E-state index contributed by atoms with van der Waals surface area (Å²) in [7, 11) is 0. The maximum atomic E-state index is 11.0. The molecule has 0 saturated heterocycles. The van der Waals surface area contributed by atoms with Crippen molar-refractivity contribution in [1.82, 2.24) is 0 Å². The fourth-order valence-electron chi connectivity index (χ4n) is 1.29. The van der Waals surface area contributed by atoms with Crippen LogP contribution < -0.4 is 5.73 Å². The molecule has 0 unspecified atom stereocenters. The van der Waals surface area contributed by atoms with Gasteiger partial charge in [-0.3, -0.25) is 4.79 Å². The van der Waals surface area contributed by atoms with E-state index in [2.05, 4.69) is 11.8 Å². The van der Waals surface area contributed by atoms with Crippen LogP contribution in [0.15, 0.2) is 24.3 Å². The lowest BCUT2D eigenvalue weighted by Crippen LogP contribution is -1.99. The Bertz CT molecular complexity index is 398. The van der Waals surface area contributed by atoms with Crippen molar-refractivity contribution in [3.63, 3.8) is 0 Å². The van der Waals surface area contributed by atoms with Crippen LogP contribution in [0.25, 0.3) is 0 Å². The molecule has 78 valence electrons. The van der Waals surface area contributed by atoms with E-state index in [-0.39, 0.29) is 5.78 Å². The van der Waals surface area contributed by atoms with Gasteiger partial charge in [0.25, 0.3) is 0 Å². The fraction of sp³-hybridized carbons (Fsp3) is 0.308. The van der Waals surface area contributed by atoms with Crippen LogP contribution in [-0.4, -0.2) is 12.3 Å². The molecule has 0 amide bonds. The third kappa shape index (κ3) is 3.97. The number of benzene rings is 1. The zero-order chi connectivity index (χ0) is 11.1. The van der Waals surface area contributed by atoms with E-state index in [0.717, 1.165) is 11.1 Å². The fourth-order valence-corrected chi connectivity index (χ4v) is 1.29. The highest BCUT2D eigenvalue weighted by Gasteiger charge is 2.01. The van der Waals surface area contributed by atoms with Crippen molar-refractivity contribution in [2.45, 2.75) is 19.8 Å². The van der Waals surface area contributed by atoms with Crippen LogP contribution in [0.5, 0.6) is 0 Å². The number of ketones is 1. The van der Waals surface area contributed by atoms with Gasteiger partial charge in [0, 0.05) is 24.9 Å². The van der Waals surface area contributed by atoms with Gasteiger partial charge in [0.05, 0.1) is 0 Å². The summed E-state index contributed by atoms with van der Waals surface area (Å²) in [4.78, 5) is 11.0. The van der Waals surface area contributed by atoms with Gasteiger partial charge in [-0.05, 0) is 18.6 Å². The number of hydrogen-bond donors (Lipinski definition) is 1. The summed E-state index contributed by atoms with van der Waals surface area (Å²) in [5.41, 5.74) is 7.28. The Morgan fingerprint density at radius 1 is 1.40 bits per heavy atom. The van der Waals surface area contributed by atoms with E-state index >= 15 is 0 Å². The Morgan fingerprint density at radius 2 is 2.13 bits per heavy atom. The van der Waals surface area contributed by atoms with Gasteiger partial charge in [-0.1, -0.05) is 30.0 Å². The lowest BCUT2D eigenvalue weighted by molar-refractivity contribution is -0.116. The van der Waals surface area contributed by atoms with E-state index < -0.39 is 0 Å². The number of Topliss-reactive ketones (excluding diaryl/α,β-unsaturated/α-hetero) is 1. The van der Waals surface area contributed by atoms with Crippen LogP contribution in [0, 0.1) is 11.8 Å². The Kier molecular flexibility index (Phi) is 4.59. The van der Waals surface area contributed by atoms with Crippen LogP contribution in [-0.2, 0) is 11.2 Å². The van der Waals surface area contributed by atoms with Crippen molar-refractivity contribution in [2.75, 3.05) is 6.54 Å². The van der Waals surface area contributed by atoms with Gasteiger partial charge in [0.1, 0.15) is 5.78 Å². The number of carbonyl (C=O) groups is 1. The first kappa shape index (κ1) is 11.5. The maximum absolute atomic E-state index is 11.0. The van der Waals surface area contributed by atoms with E-state index in [9.17, 15) is 4.79 Å². The molecule has 0 aliphatic carbocycles. The zero-order valence-electron chi connectivity index (χ0n) is 8.92. The molecule has 1 rings (SSSR count). The molecule has 0 bridgehead atoms. The summed E-state index contributed by atoms with van der Waals surface area (Å²) in [5, 5.41) is 0. The molecule has 0 aliphatic heterocycles. The average Bonchev–Trinajstić information content (AvgIpc) is 2.20. The molecule has 15 heavy (non-hydrogen) atoms. The summed E-state index contributed by atoms with van der Waals surface area (Å²) >= 11 is 0. The highest BCUT2D eigenvalue weighted by molar-refractivity contribution is 5.78. The molecule has 0 heterocycles. The molecular weight excluding hydrogens is 186 g/mol. The topological polar surface area (TPSA) is 43.1 Å². The van der Waals surface area contributed by atoms with Gasteiger partial charge < -0.3 is 5.73 Å². The summed E-state index contributed by atoms with van der Waals surface area (Å²) in [6.45, 7) is 2.16. The van der Waals surface area contributed by atoms with Crippen LogP contribution in [0.1, 0.15) is 24.5 Å².